The van der Waals surface area contributed by atoms with E-state index in [1.807, 2.05) is 0 Å². The number of nitrogens with zero attached hydrogens (tertiary/aromatic N) is 1. The standard InChI is InChI=1S/C10H17NO/c1-5-11-7-9(12-4)6-10(11)8(2)3/h1,8-10H,6-7H2,2-4H3/t9-,10?/m0/s1. The molecule has 0 saturated carbocycles. The number of ether oxygens (including phenoxy) is 1. The van der Waals surface area contributed by atoms with Crippen LogP contribution in [0.15, 0.2) is 0 Å². The lowest BCUT2D eigenvalue weighted by Gasteiger charge is -2.22. The topological polar surface area (TPSA) is 12.5 Å². The molecule has 1 aliphatic heterocycles. The molecule has 0 aromatic heterocycles. The van der Waals surface area contributed by atoms with Crippen LogP contribution in [-0.4, -0.2) is 30.7 Å². The molecule has 0 aromatic carbocycles. The van der Waals surface area contributed by atoms with Crippen molar-refractivity contribution >= 4 is 0 Å². The lowest BCUT2D eigenvalue weighted by Crippen LogP contribution is -2.29. The molecular weight excluding hydrogens is 150 g/mol. The zero-order valence-electron chi connectivity index (χ0n) is 8.08. The van der Waals surface area contributed by atoms with Gasteiger partial charge in [-0.25, -0.2) is 0 Å². The maximum Gasteiger partial charge on any atom is 0.0773 e. The first-order valence-electron chi connectivity index (χ1n) is 4.44. The van der Waals surface area contributed by atoms with Crippen molar-refractivity contribution in [2.45, 2.75) is 32.4 Å². The molecule has 1 heterocycles. The predicted molar refractivity (Wildman–Crippen MR) is 49.6 cm³/mol. The molecule has 1 rings (SSSR count). The highest BCUT2D eigenvalue weighted by Crippen LogP contribution is 2.24. The Kier molecular flexibility index (Phi) is 2.99. The van der Waals surface area contributed by atoms with Gasteiger partial charge in [-0.2, -0.15) is 0 Å². The minimum absolute atomic E-state index is 0.327. The number of hydrogen-bond acceptors (Lipinski definition) is 2. The Labute approximate surface area is 74.9 Å². The van der Waals surface area contributed by atoms with Crippen molar-refractivity contribution in [2.75, 3.05) is 13.7 Å². The number of rotatable bonds is 2. The molecule has 68 valence electrons. The van der Waals surface area contributed by atoms with Crippen LogP contribution in [0.1, 0.15) is 20.3 Å². The summed E-state index contributed by atoms with van der Waals surface area (Å²) in [5, 5.41) is 0. The molecule has 0 aliphatic carbocycles. The fourth-order valence-electron chi connectivity index (χ4n) is 1.78. The number of hydrogen-bond donors (Lipinski definition) is 0. The van der Waals surface area contributed by atoms with E-state index in [-0.39, 0.29) is 0 Å². The molecular formula is C10H17NO. The van der Waals surface area contributed by atoms with Crippen LogP contribution in [0.4, 0.5) is 0 Å². The summed E-state index contributed by atoms with van der Waals surface area (Å²) in [5.74, 6) is 0.612. The molecule has 0 radical (unpaired) electrons. The summed E-state index contributed by atoms with van der Waals surface area (Å²) in [4.78, 5) is 2.05. The summed E-state index contributed by atoms with van der Waals surface area (Å²) < 4.78 is 5.29. The summed E-state index contributed by atoms with van der Waals surface area (Å²) in [7, 11) is 1.75. The smallest absolute Gasteiger partial charge is 0.0773 e. The average molecular weight is 167 g/mol. The van der Waals surface area contributed by atoms with Crippen molar-refractivity contribution in [3.8, 4) is 12.5 Å². The maximum atomic E-state index is 5.40. The van der Waals surface area contributed by atoms with E-state index in [1.54, 1.807) is 7.11 Å². The zero-order valence-corrected chi connectivity index (χ0v) is 8.08. The summed E-state index contributed by atoms with van der Waals surface area (Å²) in [5.41, 5.74) is 0. The maximum absolute atomic E-state index is 5.40. The molecule has 1 saturated heterocycles. The Bertz CT molecular complexity index is 183. The molecule has 0 bridgehead atoms. The lowest BCUT2D eigenvalue weighted by molar-refractivity contribution is 0.113. The van der Waals surface area contributed by atoms with Crippen LogP contribution in [0.3, 0.4) is 0 Å². The van der Waals surface area contributed by atoms with Gasteiger partial charge < -0.3 is 9.64 Å². The van der Waals surface area contributed by atoms with E-state index in [9.17, 15) is 0 Å². The summed E-state index contributed by atoms with van der Waals surface area (Å²) in [6.07, 6.45) is 6.79. The second-order valence-corrected chi connectivity index (χ2v) is 3.69. The van der Waals surface area contributed by atoms with Crippen LogP contribution in [0.5, 0.6) is 0 Å². The Morgan fingerprint density at radius 2 is 2.25 bits per heavy atom. The SMILES string of the molecule is C#CN1C[C@@H](OC)CC1C(C)C. The second-order valence-electron chi connectivity index (χ2n) is 3.69. The van der Waals surface area contributed by atoms with Crippen molar-refractivity contribution in [3.05, 3.63) is 0 Å². The first-order chi connectivity index (χ1) is 5.69. The first-order valence-corrected chi connectivity index (χ1v) is 4.44. The van der Waals surface area contributed by atoms with Gasteiger partial charge in [0.1, 0.15) is 0 Å². The Morgan fingerprint density at radius 1 is 1.58 bits per heavy atom. The molecule has 1 aliphatic rings. The lowest BCUT2D eigenvalue weighted by atomic mass is 10.0. The van der Waals surface area contributed by atoms with E-state index >= 15 is 0 Å². The third-order valence-electron chi connectivity index (χ3n) is 2.57. The monoisotopic (exact) mass is 167 g/mol. The van der Waals surface area contributed by atoms with Crippen LogP contribution in [0.2, 0.25) is 0 Å². The Hall–Kier alpha value is -0.680. The fourth-order valence-corrected chi connectivity index (χ4v) is 1.78. The van der Waals surface area contributed by atoms with E-state index in [1.165, 1.54) is 0 Å². The van der Waals surface area contributed by atoms with Gasteiger partial charge in [-0.15, -0.1) is 0 Å². The molecule has 2 heteroatoms. The van der Waals surface area contributed by atoms with Crippen LogP contribution in [-0.2, 0) is 4.74 Å². The second kappa shape index (κ2) is 3.82. The van der Waals surface area contributed by atoms with Crippen molar-refractivity contribution in [2.24, 2.45) is 5.92 Å². The van der Waals surface area contributed by atoms with Crippen molar-refractivity contribution in [1.82, 2.24) is 4.90 Å². The van der Waals surface area contributed by atoms with Gasteiger partial charge in [-0.05, 0) is 12.3 Å². The highest BCUT2D eigenvalue weighted by molar-refractivity contribution is 4.98. The first kappa shape index (κ1) is 9.41. The van der Waals surface area contributed by atoms with Gasteiger partial charge in [0.15, 0.2) is 0 Å². The summed E-state index contributed by atoms with van der Waals surface area (Å²) >= 11 is 0. The number of terminal acetylenes is 1. The molecule has 2 atom stereocenters. The molecule has 0 aromatic rings. The molecule has 1 fully saturated rings. The van der Waals surface area contributed by atoms with Crippen molar-refractivity contribution in [1.29, 1.82) is 0 Å². The van der Waals surface area contributed by atoms with Crippen LogP contribution < -0.4 is 0 Å². The molecule has 12 heavy (non-hydrogen) atoms. The van der Waals surface area contributed by atoms with E-state index in [0.29, 0.717) is 18.1 Å². The van der Waals surface area contributed by atoms with Gasteiger partial charge in [0.05, 0.1) is 12.6 Å². The highest BCUT2D eigenvalue weighted by atomic mass is 16.5. The van der Waals surface area contributed by atoms with Crippen molar-refractivity contribution in [3.63, 3.8) is 0 Å². The highest BCUT2D eigenvalue weighted by Gasteiger charge is 2.32. The van der Waals surface area contributed by atoms with Crippen LogP contribution in [0, 0.1) is 18.4 Å². The van der Waals surface area contributed by atoms with E-state index in [0.717, 1.165) is 13.0 Å². The molecule has 1 unspecified atom stereocenters. The minimum atomic E-state index is 0.327. The van der Waals surface area contributed by atoms with Gasteiger partial charge in [0.25, 0.3) is 0 Å². The van der Waals surface area contributed by atoms with Gasteiger partial charge in [0, 0.05) is 19.2 Å². The molecule has 0 N–H and O–H groups in total. The Morgan fingerprint density at radius 3 is 2.58 bits per heavy atom. The Balaban J connectivity index is 2.58. The largest absolute Gasteiger partial charge is 0.380 e. The van der Waals surface area contributed by atoms with Gasteiger partial charge in [-0.3, -0.25) is 0 Å². The van der Waals surface area contributed by atoms with E-state index in [2.05, 4.69) is 24.8 Å². The summed E-state index contributed by atoms with van der Waals surface area (Å²) in [6, 6.07) is 3.21. The normalized spacial score (nSPS) is 29.4. The van der Waals surface area contributed by atoms with Crippen molar-refractivity contribution < 1.29 is 4.74 Å². The number of methoxy groups -OCH3 is 1. The number of likely N-dealkylation sites (tertiary alicyclic amines) is 1. The van der Waals surface area contributed by atoms with Crippen LogP contribution in [0.25, 0.3) is 0 Å². The third kappa shape index (κ3) is 1.73. The van der Waals surface area contributed by atoms with Crippen LogP contribution >= 0.6 is 0 Å². The molecule has 2 nitrogen and oxygen atoms in total. The van der Waals surface area contributed by atoms with E-state index < -0.39 is 0 Å². The summed E-state index contributed by atoms with van der Waals surface area (Å²) in [6.45, 7) is 5.29. The average Bonchev–Trinajstić information content (AvgIpc) is 2.47. The molecule has 0 amide bonds. The van der Waals surface area contributed by atoms with Gasteiger partial charge in [0.2, 0.25) is 0 Å². The van der Waals surface area contributed by atoms with Gasteiger partial charge in [-0.1, -0.05) is 20.3 Å². The van der Waals surface area contributed by atoms with E-state index in [4.69, 9.17) is 11.2 Å². The quantitative estimate of drug-likeness (QED) is 0.575. The van der Waals surface area contributed by atoms with Gasteiger partial charge >= 0.3 is 0 Å². The zero-order chi connectivity index (χ0) is 9.14. The predicted octanol–water partition coefficient (Wildman–Crippen LogP) is 1.32. The third-order valence-corrected chi connectivity index (χ3v) is 2.57. The fraction of sp³-hybridized carbons (Fsp3) is 0.800. The molecule has 0 spiro atoms. The minimum Gasteiger partial charge on any atom is -0.380 e.